The Bertz CT molecular complexity index is 443. The van der Waals surface area contributed by atoms with Gasteiger partial charge in [-0.2, -0.15) is 0 Å². The Labute approximate surface area is 106 Å². The number of carboxylic acids is 1. The van der Waals surface area contributed by atoms with E-state index in [0.717, 1.165) is 0 Å². The summed E-state index contributed by atoms with van der Waals surface area (Å²) in [6.07, 6.45) is -1.43. The molecule has 1 aliphatic rings. The molecule has 18 heavy (non-hydrogen) atoms. The lowest BCUT2D eigenvalue weighted by molar-refractivity contribution is 0.0685. The minimum Gasteiger partial charge on any atom is -0.478 e. The third-order valence-corrected chi connectivity index (χ3v) is 4.19. The number of rotatable bonds is 2. The lowest BCUT2D eigenvalue weighted by Gasteiger charge is -2.21. The van der Waals surface area contributed by atoms with Crippen LogP contribution in [-0.2, 0) is 0 Å². The van der Waals surface area contributed by atoms with Crippen LogP contribution in [0.4, 0.5) is 0 Å². The van der Waals surface area contributed by atoms with Crippen LogP contribution in [0, 0.1) is 11.8 Å². The monoisotopic (exact) mass is 250 g/mol. The number of hydrogen-bond donors (Lipinski definition) is 3. The zero-order valence-electron chi connectivity index (χ0n) is 10.4. The number of carbonyl (C=O) groups is 1. The van der Waals surface area contributed by atoms with Gasteiger partial charge in [-0.25, -0.2) is 4.79 Å². The Hall–Kier alpha value is -1.39. The fourth-order valence-electron chi connectivity index (χ4n) is 2.83. The quantitative estimate of drug-likeness (QED) is 0.743. The van der Waals surface area contributed by atoms with Gasteiger partial charge in [0.2, 0.25) is 0 Å². The van der Waals surface area contributed by atoms with Gasteiger partial charge in [0, 0.05) is 5.92 Å². The molecule has 0 bridgehead atoms. The summed E-state index contributed by atoms with van der Waals surface area (Å²) in [4.78, 5) is 11.2. The zero-order valence-corrected chi connectivity index (χ0v) is 10.4. The van der Waals surface area contributed by atoms with Crippen molar-refractivity contribution in [2.75, 3.05) is 0 Å². The topological polar surface area (TPSA) is 77.8 Å². The summed E-state index contributed by atoms with van der Waals surface area (Å²) in [6.45, 7) is 3.75. The van der Waals surface area contributed by atoms with Gasteiger partial charge in [-0.15, -0.1) is 0 Å². The van der Waals surface area contributed by atoms with Gasteiger partial charge < -0.3 is 15.3 Å². The molecule has 98 valence electrons. The maximum absolute atomic E-state index is 11.2. The highest BCUT2D eigenvalue weighted by Gasteiger charge is 2.46. The molecule has 0 radical (unpaired) electrons. The van der Waals surface area contributed by atoms with Crippen molar-refractivity contribution in [2.24, 2.45) is 11.8 Å². The lowest BCUT2D eigenvalue weighted by Crippen LogP contribution is -2.24. The van der Waals surface area contributed by atoms with Crippen molar-refractivity contribution in [3.63, 3.8) is 0 Å². The first kappa shape index (κ1) is 13.1. The average Bonchev–Trinajstić information content (AvgIpc) is 2.54. The lowest BCUT2D eigenvalue weighted by atomic mass is 9.89. The van der Waals surface area contributed by atoms with Gasteiger partial charge in [-0.3, -0.25) is 0 Å². The maximum Gasteiger partial charge on any atom is 0.335 e. The molecule has 4 atom stereocenters. The van der Waals surface area contributed by atoms with E-state index in [4.69, 9.17) is 5.11 Å². The highest BCUT2D eigenvalue weighted by molar-refractivity contribution is 5.89. The second kappa shape index (κ2) is 4.71. The largest absolute Gasteiger partial charge is 0.478 e. The second-order valence-electron chi connectivity index (χ2n) is 5.12. The third kappa shape index (κ3) is 1.91. The third-order valence-electron chi connectivity index (χ3n) is 4.19. The van der Waals surface area contributed by atoms with Gasteiger partial charge in [0.05, 0.1) is 17.8 Å². The van der Waals surface area contributed by atoms with Crippen LogP contribution in [0.25, 0.3) is 0 Å². The smallest absolute Gasteiger partial charge is 0.335 e. The van der Waals surface area contributed by atoms with E-state index in [2.05, 4.69) is 0 Å². The summed E-state index contributed by atoms with van der Waals surface area (Å²) in [5.74, 6) is -1.65. The molecule has 1 aromatic carbocycles. The Morgan fingerprint density at radius 1 is 1.06 bits per heavy atom. The van der Waals surface area contributed by atoms with E-state index in [0.29, 0.717) is 5.56 Å². The van der Waals surface area contributed by atoms with Crippen molar-refractivity contribution < 1.29 is 20.1 Å². The Morgan fingerprint density at radius 3 is 2.06 bits per heavy atom. The molecule has 4 heteroatoms. The summed E-state index contributed by atoms with van der Waals surface area (Å²) in [5, 5.41) is 29.6. The first-order valence-electron chi connectivity index (χ1n) is 6.13. The van der Waals surface area contributed by atoms with Crippen molar-refractivity contribution in [2.45, 2.75) is 32.0 Å². The Kier molecular flexibility index (Phi) is 3.41. The molecule has 1 saturated carbocycles. The molecule has 0 spiro atoms. The normalized spacial score (nSPS) is 35.7. The van der Waals surface area contributed by atoms with Gasteiger partial charge in [0.1, 0.15) is 0 Å². The molecule has 4 nitrogen and oxygen atoms in total. The van der Waals surface area contributed by atoms with E-state index in [-0.39, 0.29) is 17.4 Å². The predicted molar refractivity (Wildman–Crippen MR) is 66.5 cm³/mol. The molecule has 0 aromatic heterocycles. The summed E-state index contributed by atoms with van der Waals surface area (Å²) in [7, 11) is 0. The van der Waals surface area contributed by atoms with Crippen LogP contribution in [0.15, 0.2) is 24.3 Å². The summed E-state index contributed by atoms with van der Waals surface area (Å²) in [5.41, 5.74) is 0.670. The Morgan fingerprint density at radius 2 is 1.56 bits per heavy atom. The van der Waals surface area contributed by atoms with Crippen LogP contribution < -0.4 is 0 Å². The average molecular weight is 250 g/mol. The van der Waals surface area contributed by atoms with Crippen LogP contribution in [-0.4, -0.2) is 33.5 Å². The molecule has 0 saturated heterocycles. The molecule has 0 amide bonds. The van der Waals surface area contributed by atoms with Crippen LogP contribution >= 0.6 is 0 Å². The minimum atomic E-state index is -1.03. The summed E-state index contributed by atoms with van der Waals surface area (Å²) >= 11 is 0. The van der Waals surface area contributed by atoms with E-state index in [1.807, 2.05) is 13.8 Å². The minimum absolute atomic E-state index is 0.0492. The SMILES string of the molecule is CC1C(C)C(O)C(c2ccccc2C(=O)O)C1O. The molecular formula is C14H18O4. The van der Waals surface area contributed by atoms with E-state index in [1.54, 1.807) is 18.2 Å². The molecule has 4 unspecified atom stereocenters. The maximum atomic E-state index is 11.2. The molecule has 3 N–H and O–H groups in total. The number of carboxylic acid groups (broad SMARTS) is 1. The highest BCUT2D eigenvalue weighted by Crippen LogP contribution is 2.43. The molecule has 1 aliphatic carbocycles. The fraction of sp³-hybridized carbons (Fsp3) is 0.500. The van der Waals surface area contributed by atoms with Crippen LogP contribution in [0.1, 0.15) is 35.7 Å². The van der Waals surface area contributed by atoms with Crippen LogP contribution in [0.3, 0.4) is 0 Å². The van der Waals surface area contributed by atoms with Gasteiger partial charge in [0.15, 0.2) is 0 Å². The molecular weight excluding hydrogens is 232 g/mol. The first-order chi connectivity index (χ1) is 8.45. The predicted octanol–water partition coefficient (Wildman–Crippen LogP) is 1.48. The van der Waals surface area contributed by atoms with Gasteiger partial charge in [-0.05, 0) is 23.5 Å². The molecule has 2 rings (SSSR count). The summed E-state index contributed by atoms with van der Waals surface area (Å²) in [6, 6.07) is 6.55. The Balaban J connectivity index is 2.46. The van der Waals surface area contributed by atoms with E-state index < -0.39 is 24.1 Å². The number of hydrogen-bond acceptors (Lipinski definition) is 3. The number of aliphatic hydroxyl groups excluding tert-OH is 2. The fourth-order valence-corrected chi connectivity index (χ4v) is 2.83. The van der Waals surface area contributed by atoms with Crippen molar-refractivity contribution in [3.8, 4) is 0 Å². The van der Waals surface area contributed by atoms with Gasteiger partial charge in [0.25, 0.3) is 0 Å². The van der Waals surface area contributed by atoms with E-state index >= 15 is 0 Å². The first-order valence-corrected chi connectivity index (χ1v) is 6.13. The highest BCUT2D eigenvalue weighted by atomic mass is 16.4. The molecule has 1 aromatic rings. The number of benzene rings is 1. The van der Waals surface area contributed by atoms with Crippen molar-refractivity contribution in [3.05, 3.63) is 35.4 Å². The van der Waals surface area contributed by atoms with Crippen molar-refractivity contribution in [1.82, 2.24) is 0 Å². The van der Waals surface area contributed by atoms with E-state index in [9.17, 15) is 15.0 Å². The number of aromatic carboxylic acids is 1. The molecule has 0 heterocycles. The zero-order chi connectivity index (χ0) is 13.4. The van der Waals surface area contributed by atoms with Crippen LogP contribution in [0.2, 0.25) is 0 Å². The van der Waals surface area contributed by atoms with Crippen LogP contribution in [0.5, 0.6) is 0 Å². The van der Waals surface area contributed by atoms with Gasteiger partial charge >= 0.3 is 5.97 Å². The summed E-state index contributed by atoms with van der Waals surface area (Å²) < 4.78 is 0. The van der Waals surface area contributed by atoms with E-state index in [1.165, 1.54) is 6.07 Å². The number of aliphatic hydroxyl groups is 2. The molecule has 1 fully saturated rings. The molecule has 0 aliphatic heterocycles. The standard InChI is InChI=1S/C14H18O4/c1-7-8(2)13(16)11(12(7)15)9-5-3-4-6-10(9)14(17)18/h3-8,11-13,15-16H,1-2H3,(H,17,18). The van der Waals surface area contributed by atoms with Crippen molar-refractivity contribution in [1.29, 1.82) is 0 Å². The van der Waals surface area contributed by atoms with Gasteiger partial charge in [-0.1, -0.05) is 32.0 Å². The van der Waals surface area contributed by atoms with Crippen molar-refractivity contribution >= 4 is 5.97 Å². The second-order valence-corrected chi connectivity index (χ2v) is 5.12.